The van der Waals surface area contributed by atoms with E-state index < -0.39 is 0 Å². The molecule has 14 heavy (non-hydrogen) atoms. The van der Waals surface area contributed by atoms with Gasteiger partial charge in [0.05, 0.1) is 12.2 Å². The van der Waals surface area contributed by atoms with Gasteiger partial charge in [-0.3, -0.25) is 4.79 Å². The fourth-order valence-electron chi connectivity index (χ4n) is 1.11. The summed E-state index contributed by atoms with van der Waals surface area (Å²) in [6.45, 7) is 0.155. The molecule has 1 aromatic rings. The van der Waals surface area contributed by atoms with Gasteiger partial charge in [0, 0.05) is 6.20 Å². The molecule has 0 aromatic carbocycles. The maximum atomic E-state index is 11.2. The van der Waals surface area contributed by atoms with Gasteiger partial charge in [0.15, 0.2) is 10.9 Å². The molecule has 1 amide bonds. The molecule has 1 aromatic heterocycles. The number of carbonyl (C=O) groups excluding carboxylic acids is 1. The van der Waals surface area contributed by atoms with Gasteiger partial charge in [-0.15, -0.1) is 0 Å². The summed E-state index contributed by atoms with van der Waals surface area (Å²) in [4.78, 5) is 15.3. The normalized spacial score (nSPS) is 15.4. The SMILES string of the molecule is O=C1CNC(=S)Nc2cccnc2N1. The quantitative estimate of drug-likeness (QED) is 0.536. The van der Waals surface area contributed by atoms with Crippen molar-refractivity contribution in [2.24, 2.45) is 0 Å². The Morgan fingerprint density at radius 2 is 2.29 bits per heavy atom. The Morgan fingerprint density at radius 3 is 3.14 bits per heavy atom. The number of nitrogens with one attached hydrogen (secondary N) is 3. The van der Waals surface area contributed by atoms with Gasteiger partial charge in [0.2, 0.25) is 5.91 Å². The van der Waals surface area contributed by atoms with E-state index in [1.165, 1.54) is 0 Å². The first-order chi connectivity index (χ1) is 6.75. The second-order valence-corrected chi connectivity index (χ2v) is 3.16. The number of hydrogen-bond acceptors (Lipinski definition) is 3. The average molecular weight is 208 g/mol. The van der Waals surface area contributed by atoms with Crippen LogP contribution in [0, 0.1) is 0 Å². The van der Waals surface area contributed by atoms with Gasteiger partial charge in [-0.1, -0.05) is 0 Å². The predicted octanol–water partition coefficient (Wildman–Crippen LogP) is 0.320. The molecule has 3 N–H and O–H groups in total. The highest BCUT2D eigenvalue weighted by Crippen LogP contribution is 2.18. The molecule has 0 atom stereocenters. The number of pyridine rings is 1. The van der Waals surface area contributed by atoms with Gasteiger partial charge >= 0.3 is 0 Å². The number of amides is 1. The second kappa shape index (κ2) is 3.59. The fourth-order valence-corrected chi connectivity index (χ4v) is 1.29. The predicted molar refractivity (Wildman–Crippen MR) is 57.1 cm³/mol. The molecule has 6 heteroatoms. The van der Waals surface area contributed by atoms with Crippen LogP contribution in [0.3, 0.4) is 0 Å². The Bertz CT molecular complexity index is 356. The molecule has 0 spiro atoms. The highest BCUT2D eigenvalue weighted by molar-refractivity contribution is 7.80. The number of fused-ring (bicyclic) bond motifs is 1. The summed E-state index contributed by atoms with van der Waals surface area (Å²) in [6, 6.07) is 3.56. The molecule has 0 radical (unpaired) electrons. The Hall–Kier alpha value is -1.69. The molecule has 1 aliphatic rings. The summed E-state index contributed by atoms with van der Waals surface area (Å²) in [5, 5.41) is 8.76. The molecule has 72 valence electrons. The molecule has 0 unspecified atom stereocenters. The zero-order valence-corrected chi connectivity index (χ0v) is 8.02. The monoisotopic (exact) mass is 208 g/mol. The van der Waals surface area contributed by atoms with Crippen LogP contribution >= 0.6 is 12.2 Å². The molecule has 0 fully saturated rings. The van der Waals surface area contributed by atoms with E-state index in [0.717, 1.165) is 0 Å². The average Bonchev–Trinajstić information content (AvgIpc) is 2.16. The van der Waals surface area contributed by atoms with Crippen LogP contribution in [0.15, 0.2) is 18.3 Å². The number of hydrogen-bond donors (Lipinski definition) is 3. The molecular weight excluding hydrogens is 200 g/mol. The smallest absolute Gasteiger partial charge is 0.244 e. The second-order valence-electron chi connectivity index (χ2n) is 2.76. The molecule has 0 saturated heterocycles. The van der Waals surface area contributed by atoms with Crippen molar-refractivity contribution in [2.75, 3.05) is 17.2 Å². The summed E-state index contributed by atoms with van der Waals surface area (Å²) < 4.78 is 0. The Labute approximate surface area is 85.9 Å². The maximum Gasteiger partial charge on any atom is 0.244 e. The van der Waals surface area contributed by atoms with Crippen molar-refractivity contribution in [2.45, 2.75) is 0 Å². The first-order valence-corrected chi connectivity index (χ1v) is 4.46. The lowest BCUT2D eigenvalue weighted by atomic mass is 10.3. The van der Waals surface area contributed by atoms with E-state index in [4.69, 9.17) is 12.2 Å². The third-order valence-corrected chi connectivity index (χ3v) is 1.97. The van der Waals surface area contributed by atoms with Crippen LogP contribution in [0.1, 0.15) is 0 Å². The van der Waals surface area contributed by atoms with Crippen LogP contribution in [-0.2, 0) is 4.79 Å². The molecule has 2 heterocycles. The number of carbonyl (C=O) groups is 1. The largest absolute Gasteiger partial charge is 0.353 e. The first-order valence-electron chi connectivity index (χ1n) is 4.05. The van der Waals surface area contributed by atoms with Crippen LogP contribution in [0.5, 0.6) is 0 Å². The van der Waals surface area contributed by atoms with Crippen molar-refractivity contribution in [1.29, 1.82) is 0 Å². The van der Waals surface area contributed by atoms with E-state index in [-0.39, 0.29) is 12.5 Å². The van der Waals surface area contributed by atoms with E-state index in [1.807, 2.05) is 0 Å². The van der Waals surface area contributed by atoms with Gasteiger partial charge in [-0.2, -0.15) is 0 Å². The standard InChI is InChI=1S/C8H8N4OS/c13-6-4-10-8(14)11-5-2-1-3-9-7(5)12-6/h1-3H,4H2,(H,9,12,13)(H2,10,11,14). The highest BCUT2D eigenvalue weighted by atomic mass is 32.1. The van der Waals surface area contributed by atoms with Crippen LogP contribution in [0.25, 0.3) is 0 Å². The third kappa shape index (κ3) is 1.80. The molecule has 2 rings (SSSR count). The number of rotatable bonds is 0. The van der Waals surface area contributed by atoms with Gasteiger partial charge in [0.25, 0.3) is 0 Å². The van der Waals surface area contributed by atoms with Crippen LogP contribution in [-0.4, -0.2) is 22.5 Å². The number of nitrogens with zero attached hydrogens (tertiary/aromatic N) is 1. The van der Waals surface area contributed by atoms with E-state index >= 15 is 0 Å². The number of aromatic nitrogens is 1. The van der Waals surface area contributed by atoms with Crippen molar-refractivity contribution in [3.63, 3.8) is 0 Å². The summed E-state index contributed by atoms with van der Waals surface area (Å²) in [5.41, 5.74) is 0.693. The molecule has 0 saturated carbocycles. The molecule has 5 nitrogen and oxygen atoms in total. The van der Waals surface area contributed by atoms with Crippen molar-refractivity contribution in [3.05, 3.63) is 18.3 Å². The molecule has 1 aliphatic heterocycles. The van der Waals surface area contributed by atoms with Crippen molar-refractivity contribution in [1.82, 2.24) is 10.3 Å². The van der Waals surface area contributed by atoms with Gasteiger partial charge < -0.3 is 16.0 Å². The van der Waals surface area contributed by atoms with Gasteiger partial charge in [-0.05, 0) is 24.4 Å². The zero-order valence-electron chi connectivity index (χ0n) is 7.20. The van der Waals surface area contributed by atoms with Crippen molar-refractivity contribution in [3.8, 4) is 0 Å². The van der Waals surface area contributed by atoms with E-state index in [2.05, 4.69) is 20.9 Å². The molecule has 0 aliphatic carbocycles. The lowest BCUT2D eigenvalue weighted by molar-refractivity contribution is -0.115. The first kappa shape index (κ1) is 8.89. The van der Waals surface area contributed by atoms with Crippen molar-refractivity contribution >= 4 is 34.7 Å². The van der Waals surface area contributed by atoms with E-state index in [1.54, 1.807) is 18.3 Å². The van der Waals surface area contributed by atoms with Gasteiger partial charge in [-0.25, -0.2) is 4.98 Å². The minimum atomic E-state index is -0.159. The summed E-state index contributed by atoms with van der Waals surface area (Å²) in [5.74, 6) is 0.343. The summed E-state index contributed by atoms with van der Waals surface area (Å²) >= 11 is 4.95. The molecule has 0 bridgehead atoms. The lowest BCUT2D eigenvalue weighted by Gasteiger charge is -2.17. The van der Waals surface area contributed by atoms with Crippen molar-refractivity contribution < 1.29 is 4.79 Å². The van der Waals surface area contributed by atoms with Crippen LogP contribution in [0.4, 0.5) is 11.5 Å². The van der Waals surface area contributed by atoms with Gasteiger partial charge in [0.1, 0.15) is 0 Å². The number of anilines is 2. The Balaban J connectivity index is 2.37. The minimum Gasteiger partial charge on any atom is -0.353 e. The Kier molecular flexibility index (Phi) is 2.28. The fraction of sp³-hybridized carbons (Fsp3) is 0.125. The third-order valence-electron chi connectivity index (χ3n) is 1.72. The lowest BCUT2D eigenvalue weighted by Crippen LogP contribution is -2.38. The minimum absolute atomic E-state index is 0.155. The zero-order chi connectivity index (χ0) is 9.97. The van der Waals surface area contributed by atoms with E-state index in [0.29, 0.717) is 16.6 Å². The van der Waals surface area contributed by atoms with E-state index in [9.17, 15) is 4.79 Å². The summed E-state index contributed by atoms with van der Waals surface area (Å²) in [7, 11) is 0. The summed E-state index contributed by atoms with van der Waals surface area (Å²) in [6.07, 6.45) is 1.61. The highest BCUT2D eigenvalue weighted by Gasteiger charge is 2.12. The molecular formula is C8H8N4OS. The Morgan fingerprint density at radius 1 is 1.43 bits per heavy atom. The van der Waals surface area contributed by atoms with Crippen LogP contribution < -0.4 is 16.0 Å². The maximum absolute atomic E-state index is 11.2. The topological polar surface area (TPSA) is 66.0 Å². The van der Waals surface area contributed by atoms with Crippen LogP contribution in [0.2, 0.25) is 0 Å². The number of thiocarbonyl (C=S) groups is 1.